The minimum atomic E-state index is -0.186. The van der Waals surface area contributed by atoms with Crippen LogP contribution in [0, 0.1) is 18.2 Å². The number of hydrogen-bond donors (Lipinski definition) is 0. The van der Waals surface area contributed by atoms with Gasteiger partial charge in [-0.15, -0.1) is 0 Å². The number of carbonyl (C=O) groups excluding carboxylic acids is 1. The molecule has 1 spiro atoms. The van der Waals surface area contributed by atoms with Crippen molar-refractivity contribution in [1.82, 2.24) is 4.90 Å². The first-order valence-corrected chi connectivity index (χ1v) is 8.16. The molecule has 2 heterocycles. The largest absolute Gasteiger partial charge is 0.312 e. The Hall–Kier alpha value is -1.42. The molecule has 3 nitrogen and oxygen atoms in total. The topological polar surface area (TPSA) is 23.6 Å². The predicted octanol–water partition coefficient (Wildman–Crippen LogP) is 3.15. The monoisotopic (exact) mass is 304 g/mol. The number of fused-ring (bicyclic) bond motifs is 1. The highest BCUT2D eigenvalue weighted by Crippen LogP contribution is 2.52. The summed E-state index contributed by atoms with van der Waals surface area (Å²) < 4.78 is 13.2. The Morgan fingerprint density at radius 3 is 2.45 bits per heavy atom. The summed E-state index contributed by atoms with van der Waals surface area (Å²) in [5.74, 6) is -0.163. The van der Waals surface area contributed by atoms with Crippen LogP contribution in [0.4, 0.5) is 10.1 Å². The van der Waals surface area contributed by atoms with Gasteiger partial charge in [-0.1, -0.05) is 0 Å². The molecule has 0 bridgehead atoms. The number of nitrogens with zero attached hydrogens (tertiary/aromatic N) is 2. The van der Waals surface area contributed by atoms with Gasteiger partial charge in [0.1, 0.15) is 5.82 Å². The van der Waals surface area contributed by atoms with Gasteiger partial charge in [-0.05, 0) is 74.9 Å². The molecule has 2 aliphatic heterocycles. The van der Waals surface area contributed by atoms with Gasteiger partial charge in [-0.2, -0.15) is 0 Å². The van der Waals surface area contributed by atoms with E-state index < -0.39 is 0 Å². The van der Waals surface area contributed by atoms with Crippen molar-refractivity contribution in [1.29, 1.82) is 0 Å². The number of anilines is 1. The summed E-state index contributed by atoms with van der Waals surface area (Å²) in [6.07, 6.45) is 5.26. The molecule has 1 aromatic carbocycles. The van der Waals surface area contributed by atoms with Crippen LogP contribution in [0.2, 0.25) is 0 Å². The molecule has 1 saturated heterocycles. The number of likely N-dealkylation sites (tertiary alicyclic amines) is 1. The molecule has 0 N–H and O–H groups in total. The van der Waals surface area contributed by atoms with Gasteiger partial charge >= 0.3 is 0 Å². The summed E-state index contributed by atoms with van der Waals surface area (Å²) in [5.41, 5.74) is 3.36. The minimum Gasteiger partial charge on any atom is -0.312 e. The molecule has 0 aromatic heterocycles. The maximum absolute atomic E-state index is 13.2. The highest BCUT2D eigenvalue weighted by atomic mass is 19.1. The van der Waals surface area contributed by atoms with E-state index in [1.165, 1.54) is 45.3 Å². The van der Waals surface area contributed by atoms with Crippen molar-refractivity contribution in [2.75, 3.05) is 31.6 Å². The van der Waals surface area contributed by atoms with E-state index in [4.69, 9.17) is 0 Å². The molecular formula is C18H25FN2O. The van der Waals surface area contributed by atoms with Gasteiger partial charge in [0, 0.05) is 25.7 Å². The van der Waals surface area contributed by atoms with Gasteiger partial charge in [-0.25, -0.2) is 4.39 Å². The van der Waals surface area contributed by atoms with Crippen molar-refractivity contribution in [2.24, 2.45) is 5.41 Å². The van der Waals surface area contributed by atoms with E-state index >= 15 is 0 Å². The first kappa shape index (κ1) is 15.5. The Morgan fingerprint density at radius 1 is 1.23 bits per heavy atom. The Bertz CT molecular complexity index is 595. The number of carbonyl (C=O) groups is 1. The van der Waals surface area contributed by atoms with Crippen molar-refractivity contribution in [3.05, 3.63) is 29.1 Å². The highest BCUT2D eigenvalue weighted by Gasteiger charge is 2.46. The zero-order valence-corrected chi connectivity index (χ0v) is 13.8. The average Bonchev–Trinajstić information content (AvgIpc) is 2.93. The summed E-state index contributed by atoms with van der Waals surface area (Å²) in [6.45, 7) is 6.70. The van der Waals surface area contributed by atoms with Crippen molar-refractivity contribution in [2.45, 2.75) is 39.5 Å². The van der Waals surface area contributed by atoms with Crippen molar-refractivity contribution < 1.29 is 9.18 Å². The van der Waals surface area contributed by atoms with Crippen molar-refractivity contribution in [3.63, 3.8) is 0 Å². The van der Waals surface area contributed by atoms with Gasteiger partial charge in [0.2, 0.25) is 5.91 Å². The van der Waals surface area contributed by atoms with Crippen LogP contribution in [0.1, 0.15) is 37.3 Å². The van der Waals surface area contributed by atoms with E-state index in [0.29, 0.717) is 12.1 Å². The van der Waals surface area contributed by atoms with E-state index in [0.717, 1.165) is 23.1 Å². The molecular weight excluding hydrogens is 279 g/mol. The van der Waals surface area contributed by atoms with Gasteiger partial charge < -0.3 is 9.80 Å². The predicted molar refractivity (Wildman–Crippen MR) is 86.6 cm³/mol. The fraction of sp³-hybridized carbons (Fsp3) is 0.611. The third kappa shape index (κ3) is 2.89. The molecule has 0 unspecified atom stereocenters. The summed E-state index contributed by atoms with van der Waals surface area (Å²) >= 11 is 0. The smallest absolute Gasteiger partial charge is 0.223 e. The van der Waals surface area contributed by atoms with Crippen molar-refractivity contribution >= 4 is 11.6 Å². The standard InChI is InChI=1S/C11H12FNO.C7H13N/c1-7-9-5-6-13(8(2)14)11(9)4-3-10(7)12;1-8-5-4-7(6-8)2-3-7/h3-4H,5-6H2,1-2H3;2-6H2,1H3. The van der Waals surface area contributed by atoms with E-state index in [-0.39, 0.29) is 11.7 Å². The Kier molecular flexibility index (Phi) is 3.98. The molecule has 3 aliphatic rings. The molecule has 1 amide bonds. The molecule has 1 aliphatic carbocycles. The average molecular weight is 304 g/mol. The lowest BCUT2D eigenvalue weighted by Gasteiger charge is -2.14. The van der Waals surface area contributed by atoms with Gasteiger partial charge in [0.25, 0.3) is 0 Å². The lowest BCUT2D eigenvalue weighted by Crippen LogP contribution is -2.25. The van der Waals surface area contributed by atoms with Gasteiger partial charge in [0.15, 0.2) is 0 Å². The molecule has 4 heteroatoms. The van der Waals surface area contributed by atoms with Crippen LogP contribution in [-0.4, -0.2) is 37.5 Å². The zero-order valence-electron chi connectivity index (χ0n) is 13.8. The fourth-order valence-electron chi connectivity index (χ4n) is 3.70. The van der Waals surface area contributed by atoms with Crippen LogP contribution in [0.5, 0.6) is 0 Å². The molecule has 120 valence electrons. The number of halogens is 1. The lowest BCUT2D eigenvalue weighted by atomic mass is 10.1. The maximum atomic E-state index is 13.2. The quantitative estimate of drug-likeness (QED) is 0.735. The molecule has 1 aromatic rings. The number of amides is 1. The second-order valence-corrected chi connectivity index (χ2v) is 7.08. The second-order valence-electron chi connectivity index (χ2n) is 7.08. The van der Waals surface area contributed by atoms with Crippen LogP contribution < -0.4 is 4.90 Å². The third-order valence-corrected chi connectivity index (χ3v) is 5.35. The third-order valence-electron chi connectivity index (χ3n) is 5.35. The van der Waals surface area contributed by atoms with E-state index in [1.54, 1.807) is 17.9 Å². The first-order chi connectivity index (χ1) is 10.4. The van der Waals surface area contributed by atoms with Crippen LogP contribution in [0.3, 0.4) is 0 Å². The normalized spacial score (nSPS) is 21.5. The summed E-state index contributed by atoms with van der Waals surface area (Å²) in [4.78, 5) is 15.4. The fourth-order valence-corrected chi connectivity index (χ4v) is 3.70. The maximum Gasteiger partial charge on any atom is 0.223 e. The highest BCUT2D eigenvalue weighted by molar-refractivity contribution is 5.94. The molecule has 0 radical (unpaired) electrons. The van der Waals surface area contributed by atoms with E-state index in [1.807, 2.05) is 0 Å². The van der Waals surface area contributed by atoms with E-state index in [2.05, 4.69) is 11.9 Å². The molecule has 4 rings (SSSR count). The minimum absolute atomic E-state index is 0.0229. The molecule has 22 heavy (non-hydrogen) atoms. The molecule has 2 fully saturated rings. The second kappa shape index (κ2) is 5.65. The van der Waals surface area contributed by atoms with Gasteiger partial charge in [0.05, 0.1) is 0 Å². The van der Waals surface area contributed by atoms with E-state index in [9.17, 15) is 9.18 Å². The zero-order chi connectivity index (χ0) is 15.9. The molecule has 0 atom stereocenters. The van der Waals surface area contributed by atoms with Gasteiger partial charge in [-0.3, -0.25) is 4.79 Å². The van der Waals surface area contributed by atoms with Crippen LogP contribution >= 0.6 is 0 Å². The Labute approximate surface area is 132 Å². The number of rotatable bonds is 0. The summed E-state index contributed by atoms with van der Waals surface area (Å²) in [5, 5.41) is 0. The molecule has 1 saturated carbocycles. The number of benzene rings is 1. The summed E-state index contributed by atoms with van der Waals surface area (Å²) in [6, 6.07) is 3.11. The summed E-state index contributed by atoms with van der Waals surface area (Å²) in [7, 11) is 2.23. The Morgan fingerprint density at radius 2 is 1.95 bits per heavy atom. The van der Waals surface area contributed by atoms with Crippen LogP contribution in [0.25, 0.3) is 0 Å². The van der Waals surface area contributed by atoms with Crippen LogP contribution in [-0.2, 0) is 11.2 Å². The number of hydrogen-bond acceptors (Lipinski definition) is 2. The van der Waals surface area contributed by atoms with Crippen LogP contribution in [0.15, 0.2) is 12.1 Å². The Balaban J connectivity index is 0.000000151. The first-order valence-electron chi connectivity index (χ1n) is 8.16. The lowest BCUT2D eigenvalue weighted by molar-refractivity contribution is -0.116. The SMILES string of the molecule is CC(=O)N1CCc2c1ccc(F)c2C.CN1CCC2(CC2)C1. The van der Waals surface area contributed by atoms with Crippen molar-refractivity contribution in [3.8, 4) is 0 Å².